The van der Waals surface area contributed by atoms with Gasteiger partial charge in [-0.2, -0.15) is 0 Å². The molecule has 0 radical (unpaired) electrons. The van der Waals surface area contributed by atoms with Crippen molar-refractivity contribution in [1.82, 2.24) is 15.3 Å². The molecule has 1 amide bonds. The molecule has 6 heteroatoms. The molecule has 0 fully saturated rings. The Morgan fingerprint density at radius 3 is 2.46 bits per heavy atom. The first-order chi connectivity index (χ1) is 11.6. The van der Waals surface area contributed by atoms with Crippen LogP contribution in [0.2, 0.25) is 0 Å². The summed E-state index contributed by atoms with van der Waals surface area (Å²) in [5.74, 6) is 0.0112. The van der Waals surface area contributed by atoms with E-state index in [-0.39, 0.29) is 5.91 Å². The van der Waals surface area contributed by atoms with Gasteiger partial charge >= 0.3 is 0 Å². The first-order valence-corrected chi connectivity index (χ1v) is 9.55. The predicted molar refractivity (Wildman–Crippen MR) is 99.6 cm³/mol. The molecule has 3 rings (SSSR count). The fraction of sp³-hybridized carbons (Fsp3) is 0.278. The zero-order valence-electron chi connectivity index (χ0n) is 13.7. The molecule has 0 unspecified atom stereocenters. The number of rotatable bonds is 6. The van der Waals surface area contributed by atoms with Crippen LogP contribution in [0, 0.1) is 6.92 Å². The molecule has 0 saturated carbocycles. The maximum Gasteiger partial charge on any atom is 0.216 e. The van der Waals surface area contributed by atoms with Gasteiger partial charge in [-0.15, -0.1) is 22.7 Å². The van der Waals surface area contributed by atoms with E-state index in [1.165, 1.54) is 12.5 Å². The van der Waals surface area contributed by atoms with Gasteiger partial charge in [-0.05, 0) is 18.9 Å². The molecule has 124 valence electrons. The van der Waals surface area contributed by atoms with Gasteiger partial charge in [0.25, 0.3) is 0 Å². The molecule has 2 aromatic heterocycles. The molecular formula is C18H19N3OS2. The van der Waals surface area contributed by atoms with Gasteiger partial charge < -0.3 is 5.32 Å². The molecule has 0 aliphatic rings. The lowest BCUT2D eigenvalue weighted by molar-refractivity contribution is -0.118. The summed E-state index contributed by atoms with van der Waals surface area (Å²) < 4.78 is 0. The van der Waals surface area contributed by atoms with Crippen molar-refractivity contribution >= 4 is 28.6 Å². The Hall–Kier alpha value is -2.05. The highest BCUT2D eigenvalue weighted by Gasteiger charge is 2.08. The Morgan fingerprint density at radius 2 is 1.79 bits per heavy atom. The summed E-state index contributed by atoms with van der Waals surface area (Å²) in [4.78, 5) is 20.1. The zero-order valence-corrected chi connectivity index (χ0v) is 15.3. The topological polar surface area (TPSA) is 54.9 Å². The second kappa shape index (κ2) is 7.68. The Kier molecular flexibility index (Phi) is 5.37. The molecule has 0 aliphatic carbocycles. The number of thiazole rings is 2. The Bertz CT molecular complexity index is 821. The van der Waals surface area contributed by atoms with Crippen LogP contribution in [-0.2, 0) is 17.6 Å². The van der Waals surface area contributed by atoms with Crippen molar-refractivity contribution in [2.24, 2.45) is 0 Å². The van der Waals surface area contributed by atoms with Gasteiger partial charge in [0.05, 0.1) is 17.1 Å². The third-order valence-corrected chi connectivity index (χ3v) is 5.37. The van der Waals surface area contributed by atoms with Gasteiger partial charge in [-0.3, -0.25) is 4.79 Å². The molecule has 2 heterocycles. The van der Waals surface area contributed by atoms with Gasteiger partial charge in [-0.1, -0.05) is 24.3 Å². The average Bonchev–Trinajstić information content (AvgIpc) is 3.17. The van der Waals surface area contributed by atoms with E-state index in [1.807, 2.05) is 6.92 Å². The summed E-state index contributed by atoms with van der Waals surface area (Å²) in [5.41, 5.74) is 4.41. The SMILES string of the molecule is CC(=O)NCCc1ccc(-c2csc(Cc3nc(C)cs3)n2)cc1. The predicted octanol–water partition coefficient (Wildman–Crippen LogP) is 3.84. The average molecular weight is 358 g/mol. The van der Waals surface area contributed by atoms with Crippen molar-refractivity contribution in [2.45, 2.75) is 26.7 Å². The van der Waals surface area contributed by atoms with Crippen LogP contribution in [0.1, 0.15) is 28.2 Å². The first-order valence-electron chi connectivity index (χ1n) is 7.79. The van der Waals surface area contributed by atoms with Crippen molar-refractivity contribution in [3.8, 4) is 11.3 Å². The minimum absolute atomic E-state index is 0.0112. The molecule has 1 N–H and O–H groups in total. The van der Waals surface area contributed by atoms with Crippen LogP contribution in [0.25, 0.3) is 11.3 Å². The number of carbonyl (C=O) groups is 1. The maximum atomic E-state index is 10.9. The van der Waals surface area contributed by atoms with E-state index in [4.69, 9.17) is 4.98 Å². The Labute approximate surface area is 149 Å². The van der Waals surface area contributed by atoms with Gasteiger partial charge in [0, 0.05) is 35.5 Å². The largest absolute Gasteiger partial charge is 0.356 e. The smallest absolute Gasteiger partial charge is 0.216 e. The molecule has 1 aromatic carbocycles. The minimum Gasteiger partial charge on any atom is -0.356 e. The minimum atomic E-state index is 0.0112. The van der Waals surface area contributed by atoms with E-state index in [9.17, 15) is 4.79 Å². The number of aryl methyl sites for hydroxylation is 1. The van der Waals surface area contributed by atoms with Crippen molar-refractivity contribution in [1.29, 1.82) is 0 Å². The fourth-order valence-electron chi connectivity index (χ4n) is 2.36. The quantitative estimate of drug-likeness (QED) is 0.729. The monoisotopic (exact) mass is 357 g/mol. The van der Waals surface area contributed by atoms with Crippen molar-refractivity contribution < 1.29 is 4.79 Å². The fourth-order valence-corrected chi connectivity index (χ4v) is 4.04. The molecular weight excluding hydrogens is 338 g/mol. The van der Waals surface area contributed by atoms with E-state index >= 15 is 0 Å². The molecule has 0 aliphatic heterocycles. The van der Waals surface area contributed by atoms with Crippen LogP contribution in [0.5, 0.6) is 0 Å². The van der Waals surface area contributed by atoms with E-state index in [0.29, 0.717) is 6.54 Å². The lowest BCUT2D eigenvalue weighted by atomic mass is 10.1. The van der Waals surface area contributed by atoms with Crippen molar-refractivity contribution in [3.05, 3.63) is 56.3 Å². The Morgan fingerprint density at radius 1 is 1.08 bits per heavy atom. The van der Waals surface area contributed by atoms with Crippen LogP contribution >= 0.6 is 22.7 Å². The lowest BCUT2D eigenvalue weighted by Crippen LogP contribution is -2.22. The van der Waals surface area contributed by atoms with E-state index in [1.54, 1.807) is 22.7 Å². The number of carbonyl (C=O) groups excluding carboxylic acids is 1. The number of aromatic nitrogens is 2. The number of nitrogens with zero attached hydrogens (tertiary/aromatic N) is 2. The Balaban J connectivity index is 1.63. The number of hydrogen-bond donors (Lipinski definition) is 1. The highest BCUT2D eigenvalue weighted by molar-refractivity contribution is 7.11. The zero-order chi connectivity index (χ0) is 16.9. The summed E-state index contributed by atoms with van der Waals surface area (Å²) >= 11 is 3.36. The number of nitrogens with one attached hydrogen (secondary N) is 1. The van der Waals surface area contributed by atoms with E-state index in [0.717, 1.165) is 39.8 Å². The van der Waals surface area contributed by atoms with Crippen LogP contribution < -0.4 is 5.32 Å². The van der Waals surface area contributed by atoms with Crippen LogP contribution in [0.4, 0.5) is 0 Å². The van der Waals surface area contributed by atoms with Crippen molar-refractivity contribution in [2.75, 3.05) is 6.54 Å². The van der Waals surface area contributed by atoms with Gasteiger partial charge in [0.1, 0.15) is 5.01 Å². The molecule has 0 bridgehead atoms. The number of amides is 1. The van der Waals surface area contributed by atoms with Crippen molar-refractivity contribution in [3.63, 3.8) is 0 Å². The highest BCUT2D eigenvalue weighted by atomic mass is 32.1. The molecule has 24 heavy (non-hydrogen) atoms. The second-order valence-electron chi connectivity index (χ2n) is 5.62. The first kappa shape index (κ1) is 16.8. The summed E-state index contributed by atoms with van der Waals surface area (Å²) in [5, 5.41) is 9.19. The number of benzene rings is 1. The molecule has 4 nitrogen and oxygen atoms in total. The summed E-state index contributed by atoms with van der Waals surface area (Å²) in [6, 6.07) is 8.38. The highest BCUT2D eigenvalue weighted by Crippen LogP contribution is 2.24. The maximum absolute atomic E-state index is 10.9. The standard InChI is InChI=1S/C18H19N3OS2/c1-12-10-23-17(20-12)9-18-21-16(11-24-18)15-5-3-14(4-6-15)7-8-19-13(2)22/h3-6,10-11H,7-9H2,1-2H3,(H,19,22). The summed E-state index contributed by atoms with van der Waals surface area (Å²) in [6.07, 6.45) is 1.64. The molecule has 3 aromatic rings. The summed E-state index contributed by atoms with van der Waals surface area (Å²) in [7, 11) is 0. The number of hydrogen-bond acceptors (Lipinski definition) is 5. The third-order valence-electron chi connectivity index (χ3n) is 3.56. The van der Waals surface area contributed by atoms with E-state index < -0.39 is 0 Å². The van der Waals surface area contributed by atoms with Crippen LogP contribution in [0.15, 0.2) is 35.0 Å². The van der Waals surface area contributed by atoms with Gasteiger partial charge in [0.15, 0.2) is 0 Å². The molecule has 0 spiro atoms. The van der Waals surface area contributed by atoms with Crippen LogP contribution in [-0.4, -0.2) is 22.4 Å². The molecule has 0 atom stereocenters. The third kappa shape index (κ3) is 4.49. The normalized spacial score (nSPS) is 10.8. The summed E-state index contributed by atoms with van der Waals surface area (Å²) in [6.45, 7) is 4.22. The second-order valence-corrected chi connectivity index (χ2v) is 7.50. The van der Waals surface area contributed by atoms with Crippen LogP contribution in [0.3, 0.4) is 0 Å². The van der Waals surface area contributed by atoms with Gasteiger partial charge in [-0.25, -0.2) is 9.97 Å². The lowest BCUT2D eigenvalue weighted by Gasteiger charge is -2.03. The van der Waals surface area contributed by atoms with E-state index in [2.05, 4.69) is 45.3 Å². The molecule has 0 saturated heterocycles. The van der Waals surface area contributed by atoms with Gasteiger partial charge in [0.2, 0.25) is 5.91 Å².